The molecule has 1 heteroatoms. The molecule has 0 heterocycles. The first-order chi connectivity index (χ1) is 10.2. The molecule has 1 unspecified atom stereocenters. The highest BCUT2D eigenvalue weighted by Crippen LogP contribution is 2.24. The van der Waals surface area contributed by atoms with E-state index in [0.29, 0.717) is 0 Å². The Kier molecular flexibility index (Phi) is 9.41. The summed E-state index contributed by atoms with van der Waals surface area (Å²) in [6, 6.07) is 10.4. The van der Waals surface area contributed by atoms with Crippen molar-refractivity contribution < 1.29 is 5.11 Å². The topological polar surface area (TPSA) is 20.2 Å². The van der Waals surface area contributed by atoms with E-state index in [2.05, 4.69) is 38.1 Å². The minimum absolute atomic E-state index is 0.510. The van der Waals surface area contributed by atoms with Gasteiger partial charge in [-0.2, -0.15) is 0 Å². The molecule has 0 aliphatic rings. The molecule has 1 atom stereocenters. The van der Waals surface area contributed by atoms with Crippen LogP contribution in [0.15, 0.2) is 30.3 Å². The average Bonchev–Trinajstić information content (AvgIpc) is 2.51. The van der Waals surface area contributed by atoms with Crippen LogP contribution in [0.5, 0.6) is 0 Å². The van der Waals surface area contributed by atoms with Gasteiger partial charge in [0.1, 0.15) is 0 Å². The van der Waals surface area contributed by atoms with Gasteiger partial charge in [-0.05, 0) is 18.4 Å². The van der Waals surface area contributed by atoms with Gasteiger partial charge in [0, 0.05) is 6.42 Å². The highest BCUT2D eigenvalue weighted by atomic mass is 16.3. The fourth-order valence-electron chi connectivity index (χ4n) is 2.95. The average molecular weight is 290 g/mol. The minimum Gasteiger partial charge on any atom is -0.390 e. The molecule has 0 spiro atoms. The Labute approximate surface area is 131 Å². The van der Waals surface area contributed by atoms with Crippen molar-refractivity contribution in [1.82, 2.24) is 0 Å². The zero-order valence-electron chi connectivity index (χ0n) is 14.1. The molecule has 1 N–H and O–H groups in total. The van der Waals surface area contributed by atoms with E-state index >= 15 is 0 Å². The number of rotatable bonds is 12. The Morgan fingerprint density at radius 1 is 0.810 bits per heavy atom. The molecule has 21 heavy (non-hydrogen) atoms. The van der Waals surface area contributed by atoms with Crippen LogP contribution in [-0.4, -0.2) is 10.7 Å². The van der Waals surface area contributed by atoms with Gasteiger partial charge in [0.15, 0.2) is 0 Å². The van der Waals surface area contributed by atoms with Gasteiger partial charge in [-0.15, -0.1) is 0 Å². The summed E-state index contributed by atoms with van der Waals surface area (Å²) < 4.78 is 0. The maximum atomic E-state index is 10.7. The summed E-state index contributed by atoms with van der Waals surface area (Å²) in [5, 5.41) is 10.7. The van der Waals surface area contributed by atoms with Crippen LogP contribution in [0.3, 0.4) is 0 Å². The third kappa shape index (κ3) is 8.26. The summed E-state index contributed by atoms with van der Waals surface area (Å²) in [4.78, 5) is 0. The second kappa shape index (κ2) is 10.8. The minimum atomic E-state index is -0.510. The SMILES string of the molecule is CCCCCCCCCCC(O)(CC)Cc1ccccc1. The lowest BCUT2D eigenvalue weighted by molar-refractivity contribution is 0.0252. The van der Waals surface area contributed by atoms with Gasteiger partial charge in [-0.3, -0.25) is 0 Å². The smallest absolute Gasteiger partial charge is 0.0685 e. The number of unbranched alkanes of at least 4 members (excludes halogenated alkanes) is 7. The van der Waals surface area contributed by atoms with Crippen LogP contribution >= 0.6 is 0 Å². The molecule has 1 aromatic carbocycles. The van der Waals surface area contributed by atoms with Crippen LogP contribution in [0, 0.1) is 0 Å². The standard InChI is InChI=1S/C20H34O/c1-3-5-6-7-8-9-10-14-17-20(21,4-2)18-19-15-12-11-13-16-19/h11-13,15-16,21H,3-10,14,17-18H2,1-2H3. The second-order valence-corrected chi connectivity index (χ2v) is 6.47. The summed E-state index contributed by atoms with van der Waals surface area (Å²) in [6.07, 6.45) is 13.2. The van der Waals surface area contributed by atoms with Gasteiger partial charge in [0.2, 0.25) is 0 Å². The van der Waals surface area contributed by atoms with Crippen molar-refractivity contribution >= 4 is 0 Å². The molecule has 0 aromatic heterocycles. The van der Waals surface area contributed by atoms with Crippen molar-refractivity contribution in [2.75, 3.05) is 0 Å². The summed E-state index contributed by atoms with van der Waals surface area (Å²) in [6.45, 7) is 4.37. The van der Waals surface area contributed by atoms with Gasteiger partial charge in [-0.25, -0.2) is 0 Å². The summed E-state index contributed by atoms with van der Waals surface area (Å²) in [7, 11) is 0. The lowest BCUT2D eigenvalue weighted by Gasteiger charge is -2.27. The quantitative estimate of drug-likeness (QED) is 0.475. The Bertz CT molecular complexity index is 346. The molecular weight excluding hydrogens is 256 g/mol. The van der Waals surface area contributed by atoms with E-state index in [1.165, 1.54) is 50.5 Å². The van der Waals surface area contributed by atoms with E-state index in [4.69, 9.17) is 0 Å². The number of aliphatic hydroxyl groups is 1. The highest BCUT2D eigenvalue weighted by Gasteiger charge is 2.24. The molecule has 0 saturated heterocycles. The maximum Gasteiger partial charge on any atom is 0.0685 e. The first-order valence-electron chi connectivity index (χ1n) is 8.96. The van der Waals surface area contributed by atoms with Crippen LogP contribution in [0.25, 0.3) is 0 Å². The summed E-state index contributed by atoms with van der Waals surface area (Å²) in [5.41, 5.74) is 0.741. The molecule has 0 saturated carbocycles. The molecule has 1 rings (SSSR count). The molecule has 0 amide bonds. The fourth-order valence-corrected chi connectivity index (χ4v) is 2.95. The van der Waals surface area contributed by atoms with E-state index in [0.717, 1.165) is 25.7 Å². The van der Waals surface area contributed by atoms with Crippen molar-refractivity contribution in [1.29, 1.82) is 0 Å². The Hall–Kier alpha value is -0.820. The van der Waals surface area contributed by atoms with Gasteiger partial charge in [-0.1, -0.05) is 95.5 Å². The van der Waals surface area contributed by atoms with Crippen molar-refractivity contribution in [3.8, 4) is 0 Å². The molecule has 0 aliphatic carbocycles. The Morgan fingerprint density at radius 2 is 1.38 bits per heavy atom. The molecule has 1 nitrogen and oxygen atoms in total. The predicted octanol–water partition coefficient (Wildman–Crippen LogP) is 5.90. The van der Waals surface area contributed by atoms with E-state index in [-0.39, 0.29) is 0 Å². The molecule has 0 radical (unpaired) electrons. The lowest BCUT2D eigenvalue weighted by atomic mass is 9.87. The first kappa shape index (κ1) is 18.2. The Balaban J connectivity index is 2.18. The number of hydrogen-bond donors (Lipinski definition) is 1. The van der Waals surface area contributed by atoms with E-state index in [9.17, 15) is 5.11 Å². The summed E-state index contributed by atoms with van der Waals surface area (Å²) >= 11 is 0. The van der Waals surface area contributed by atoms with Crippen LogP contribution in [0.4, 0.5) is 0 Å². The third-order valence-electron chi connectivity index (χ3n) is 4.53. The predicted molar refractivity (Wildman–Crippen MR) is 92.6 cm³/mol. The van der Waals surface area contributed by atoms with Crippen LogP contribution in [0.2, 0.25) is 0 Å². The normalized spacial score (nSPS) is 14.0. The van der Waals surface area contributed by atoms with Crippen LogP contribution in [-0.2, 0) is 6.42 Å². The second-order valence-electron chi connectivity index (χ2n) is 6.47. The van der Waals surface area contributed by atoms with Crippen molar-refractivity contribution in [3.05, 3.63) is 35.9 Å². The summed E-state index contributed by atoms with van der Waals surface area (Å²) in [5.74, 6) is 0. The number of hydrogen-bond acceptors (Lipinski definition) is 1. The van der Waals surface area contributed by atoms with Gasteiger partial charge in [0.05, 0.1) is 5.60 Å². The van der Waals surface area contributed by atoms with E-state index in [1.54, 1.807) is 0 Å². The molecule has 0 bridgehead atoms. The number of benzene rings is 1. The molecule has 0 fully saturated rings. The monoisotopic (exact) mass is 290 g/mol. The lowest BCUT2D eigenvalue weighted by Crippen LogP contribution is -2.30. The van der Waals surface area contributed by atoms with Gasteiger partial charge < -0.3 is 5.11 Å². The van der Waals surface area contributed by atoms with Gasteiger partial charge >= 0.3 is 0 Å². The molecule has 120 valence electrons. The highest BCUT2D eigenvalue weighted by molar-refractivity contribution is 5.16. The van der Waals surface area contributed by atoms with Crippen molar-refractivity contribution in [2.24, 2.45) is 0 Å². The maximum absolute atomic E-state index is 10.7. The van der Waals surface area contributed by atoms with Gasteiger partial charge in [0.25, 0.3) is 0 Å². The molecule has 0 aliphatic heterocycles. The van der Waals surface area contributed by atoms with E-state index < -0.39 is 5.60 Å². The first-order valence-corrected chi connectivity index (χ1v) is 8.96. The van der Waals surface area contributed by atoms with Crippen LogP contribution in [0.1, 0.15) is 83.6 Å². The van der Waals surface area contributed by atoms with Crippen molar-refractivity contribution in [3.63, 3.8) is 0 Å². The van der Waals surface area contributed by atoms with E-state index in [1.807, 2.05) is 6.07 Å². The zero-order valence-corrected chi connectivity index (χ0v) is 14.1. The largest absolute Gasteiger partial charge is 0.390 e. The molecular formula is C20H34O. The molecule has 1 aromatic rings. The Morgan fingerprint density at radius 3 is 1.95 bits per heavy atom. The van der Waals surface area contributed by atoms with Crippen LogP contribution < -0.4 is 0 Å². The fraction of sp³-hybridized carbons (Fsp3) is 0.700. The van der Waals surface area contributed by atoms with Crippen molar-refractivity contribution in [2.45, 2.75) is 90.1 Å². The third-order valence-corrected chi connectivity index (χ3v) is 4.53. The zero-order chi connectivity index (χ0) is 15.4.